The van der Waals surface area contributed by atoms with Crippen LogP contribution in [0.1, 0.15) is 27.2 Å². The number of para-hydroxylation sites is 1. The summed E-state index contributed by atoms with van der Waals surface area (Å²) in [7, 11) is -3.21. The van der Waals surface area contributed by atoms with E-state index < -0.39 is 9.84 Å². The highest BCUT2D eigenvalue weighted by atomic mass is 32.2. The summed E-state index contributed by atoms with van der Waals surface area (Å²) in [5.41, 5.74) is 6.40. The quantitative estimate of drug-likeness (QED) is 0.805. The van der Waals surface area contributed by atoms with Crippen molar-refractivity contribution in [3.8, 4) is 0 Å². The van der Waals surface area contributed by atoms with E-state index in [1.165, 1.54) is 0 Å². The van der Waals surface area contributed by atoms with E-state index in [0.29, 0.717) is 23.0 Å². The minimum absolute atomic E-state index is 0.0909. The first kappa shape index (κ1) is 16.0. The summed E-state index contributed by atoms with van der Waals surface area (Å²) in [6.07, 6.45) is 0.914. The van der Waals surface area contributed by atoms with Crippen LogP contribution in [0.5, 0.6) is 0 Å². The molecule has 19 heavy (non-hydrogen) atoms. The number of nitrogens with two attached hydrogens (primary N) is 1. The fourth-order valence-corrected chi connectivity index (χ4v) is 3.07. The number of benzene rings is 1. The zero-order chi connectivity index (χ0) is 14.5. The zero-order valence-electron chi connectivity index (χ0n) is 11.9. The van der Waals surface area contributed by atoms with Crippen LogP contribution in [0.3, 0.4) is 0 Å². The molecule has 0 aliphatic carbocycles. The van der Waals surface area contributed by atoms with Crippen LogP contribution < -0.4 is 11.1 Å². The number of rotatable bonds is 7. The van der Waals surface area contributed by atoms with Gasteiger partial charge in [0.1, 0.15) is 0 Å². The molecule has 0 spiro atoms. The van der Waals surface area contributed by atoms with Crippen molar-refractivity contribution in [3.05, 3.63) is 24.3 Å². The van der Waals surface area contributed by atoms with E-state index >= 15 is 0 Å². The molecule has 0 saturated heterocycles. The molecule has 108 valence electrons. The lowest BCUT2D eigenvalue weighted by molar-refractivity contribution is 0.521. The molecule has 0 heterocycles. The fourth-order valence-electron chi connectivity index (χ4n) is 2.02. The van der Waals surface area contributed by atoms with Gasteiger partial charge in [0, 0.05) is 12.6 Å². The molecular weight excluding hydrogens is 260 g/mol. The van der Waals surface area contributed by atoms with E-state index in [2.05, 4.69) is 19.2 Å². The lowest BCUT2D eigenvalue weighted by Gasteiger charge is -2.21. The Balaban J connectivity index is 3.01. The van der Waals surface area contributed by atoms with Crippen molar-refractivity contribution >= 4 is 15.5 Å². The van der Waals surface area contributed by atoms with Gasteiger partial charge < -0.3 is 11.1 Å². The van der Waals surface area contributed by atoms with Crippen LogP contribution >= 0.6 is 0 Å². The molecule has 0 bridgehead atoms. The number of anilines is 1. The maximum absolute atomic E-state index is 12.0. The predicted octanol–water partition coefficient (Wildman–Crippen LogP) is 2.27. The van der Waals surface area contributed by atoms with Crippen LogP contribution in [0.25, 0.3) is 0 Å². The van der Waals surface area contributed by atoms with Crippen LogP contribution in [0.15, 0.2) is 29.2 Å². The molecule has 0 saturated carbocycles. The molecular formula is C14H24N2O2S. The molecule has 0 radical (unpaired) electrons. The van der Waals surface area contributed by atoms with Crippen LogP contribution in [0.4, 0.5) is 5.69 Å². The van der Waals surface area contributed by atoms with Gasteiger partial charge in [0.25, 0.3) is 0 Å². The average molecular weight is 284 g/mol. The largest absolute Gasteiger partial charge is 0.380 e. The Morgan fingerprint density at radius 1 is 1.26 bits per heavy atom. The van der Waals surface area contributed by atoms with Crippen molar-refractivity contribution in [2.24, 2.45) is 11.7 Å². The Labute approximate surface area is 116 Å². The van der Waals surface area contributed by atoms with Gasteiger partial charge in [0.05, 0.1) is 16.3 Å². The molecule has 0 fully saturated rings. The van der Waals surface area contributed by atoms with Gasteiger partial charge >= 0.3 is 0 Å². The van der Waals surface area contributed by atoms with E-state index in [9.17, 15) is 8.42 Å². The minimum atomic E-state index is -3.21. The molecule has 1 aromatic rings. The number of nitrogens with one attached hydrogen (secondary N) is 1. The standard InChI is InChI=1S/C14H24N2O2S/c1-4-19(17,18)14-8-6-5-7-13(14)16-12(10-15)9-11(2)3/h5-8,11-12,16H,4,9-10,15H2,1-3H3. The van der Waals surface area contributed by atoms with Gasteiger partial charge in [0.15, 0.2) is 9.84 Å². The Hall–Kier alpha value is -1.07. The first-order valence-corrected chi connectivity index (χ1v) is 8.34. The van der Waals surface area contributed by atoms with Gasteiger partial charge in [-0.2, -0.15) is 0 Å². The molecule has 0 aliphatic rings. The molecule has 3 N–H and O–H groups in total. The number of hydrogen-bond donors (Lipinski definition) is 2. The van der Waals surface area contributed by atoms with E-state index in [1.807, 2.05) is 6.07 Å². The van der Waals surface area contributed by atoms with Crippen molar-refractivity contribution in [2.45, 2.75) is 38.1 Å². The summed E-state index contributed by atoms with van der Waals surface area (Å²) in [6, 6.07) is 7.11. The van der Waals surface area contributed by atoms with Crippen molar-refractivity contribution in [2.75, 3.05) is 17.6 Å². The zero-order valence-corrected chi connectivity index (χ0v) is 12.7. The normalized spacial score (nSPS) is 13.5. The lowest BCUT2D eigenvalue weighted by Crippen LogP contribution is -2.31. The maximum Gasteiger partial charge on any atom is 0.180 e. The third-order valence-electron chi connectivity index (χ3n) is 3.00. The van der Waals surface area contributed by atoms with Crippen molar-refractivity contribution in [3.63, 3.8) is 0 Å². The third kappa shape index (κ3) is 4.51. The highest BCUT2D eigenvalue weighted by Gasteiger charge is 2.18. The van der Waals surface area contributed by atoms with Gasteiger partial charge in [-0.3, -0.25) is 0 Å². The average Bonchev–Trinajstić information content (AvgIpc) is 2.38. The SMILES string of the molecule is CCS(=O)(=O)c1ccccc1NC(CN)CC(C)C. The first-order chi connectivity index (χ1) is 8.90. The summed E-state index contributed by atoms with van der Waals surface area (Å²) >= 11 is 0. The molecule has 1 unspecified atom stereocenters. The molecule has 0 aliphatic heterocycles. The third-order valence-corrected chi connectivity index (χ3v) is 4.79. The molecule has 1 aromatic carbocycles. The Morgan fingerprint density at radius 3 is 2.42 bits per heavy atom. The molecule has 4 nitrogen and oxygen atoms in total. The van der Waals surface area contributed by atoms with Crippen molar-refractivity contribution in [1.82, 2.24) is 0 Å². The first-order valence-electron chi connectivity index (χ1n) is 6.69. The molecule has 5 heteroatoms. The Kier molecular flexibility index (Phi) is 5.82. The maximum atomic E-state index is 12.0. The van der Waals surface area contributed by atoms with Gasteiger partial charge in [-0.1, -0.05) is 32.9 Å². The van der Waals surface area contributed by atoms with Gasteiger partial charge in [-0.25, -0.2) is 8.42 Å². The van der Waals surface area contributed by atoms with E-state index in [0.717, 1.165) is 6.42 Å². The van der Waals surface area contributed by atoms with E-state index in [4.69, 9.17) is 5.73 Å². The van der Waals surface area contributed by atoms with Crippen LogP contribution in [-0.4, -0.2) is 26.8 Å². The van der Waals surface area contributed by atoms with Crippen LogP contribution in [-0.2, 0) is 9.84 Å². The Bertz CT molecular complexity index is 498. The summed E-state index contributed by atoms with van der Waals surface area (Å²) in [5.74, 6) is 0.611. The number of hydrogen-bond acceptors (Lipinski definition) is 4. The molecule has 1 rings (SSSR count). The predicted molar refractivity (Wildman–Crippen MR) is 80.1 cm³/mol. The smallest absolute Gasteiger partial charge is 0.180 e. The topological polar surface area (TPSA) is 72.2 Å². The molecule has 0 amide bonds. The second-order valence-electron chi connectivity index (χ2n) is 5.11. The second kappa shape index (κ2) is 6.91. The van der Waals surface area contributed by atoms with E-state index in [1.54, 1.807) is 25.1 Å². The summed E-state index contributed by atoms with van der Waals surface area (Å²) in [5, 5.41) is 3.26. The molecule has 0 aromatic heterocycles. The number of sulfone groups is 1. The highest BCUT2D eigenvalue weighted by molar-refractivity contribution is 7.91. The van der Waals surface area contributed by atoms with Crippen molar-refractivity contribution in [1.29, 1.82) is 0 Å². The van der Waals surface area contributed by atoms with Crippen LogP contribution in [0.2, 0.25) is 0 Å². The fraction of sp³-hybridized carbons (Fsp3) is 0.571. The van der Waals surface area contributed by atoms with Crippen molar-refractivity contribution < 1.29 is 8.42 Å². The van der Waals surface area contributed by atoms with Crippen LogP contribution in [0, 0.1) is 5.92 Å². The highest BCUT2D eigenvalue weighted by Crippen LogP contribution is 2.23. The second-order valence-corrected chi connectivity index (χ2v) is 7.35. The molecule has 1 atom stereocenters. The van der Waals surface area contributed by atoms with Gasteiger partial charge in [0.2, 0.25) is 0 Å². The summed E-state index contributed by atoms with van der Waals surface area (Å²) in [4.78, 5) is 0.361. The minimum Gasteiger partial charge on any atom is -0.380 e. The monoisotopic (exact) mass is 284 g/mol. The van der Waals surface area contributed by atoms with Gasteiger partial charge in [-0.15, -0.1) is 0 Å². The Morgan fingerprint density at radius 2 is 1.89 bits per heavy atom. The summed E-state index contributed by atoms with van der Waals surface area (Å²) in [6.45, 7) is 6.39. The lowest BCUT2D eigenvalue weighted by atomic mass is 10.0. The van der Waals surface area contributed by atoms with Gasteiger partial charge in [-0.05, 0) is 24.5 Å². The summed E-state index contributed by atoms with van der Waals surface area (Å²) < 4.78 is 24.1. The van der Waals surface area contributed by atoms with E-state index in [-0.39, 0.29) is 11.8 Å².